The van der Waals surface area contributed by atoms with E-state index in [0.717, 1.165) is 17.1 Å². The predicted octanol–water partition coefficient (Wildman–Crippen LogP) is -1.49. The average Bonchev–Trinajstić information content (AvgIpc) is 2.58. The van der Waals surface area contributed by atoms with Gasteiger partial charge in [-0.2, -0.15) is 0 Å². The maximum absolute atomic E-state index is 11.7. The van der Waals surface area contributed by atoms with Gasteiger partial charge in [0.2, 0.25) is 12.3 Å². The fourth-order valence-corrected chi connectivity index (χ4v) is 1.39. The van der Waals surface area contributed by atoms with Crippen LogP contribution >= 0.6 is 0 Å². The van der Waals surface area contributed by atoms with Crippen LogP contribution in [0.1, 0.15) is 13.8 Å². The lowest BCUT2D eigenvalue weighted by molar-refractivity contribution is -0.145. The molecule has 0 saturated heterocycles. The maximum Gasteiger partial charge on any atom is 0.254 e. The Kier molecular flexibility index (Phi) is 3.97. The van der Waals surface area contributed by atoms with Crippen molar-refractivity contribution >= 4 is 24.1 Å². The molecule has 1 aliphatic heterocycles. The van der Waals surface area contributed by atoms with Crippen molar-refractivity contribution in [1.82, 2.24) is 15.5 Å². The summed E-state index contributed by atoms with van der Waals surface area (Å²) in [7, 11) is 0. The van der Waals surface area contributed by atoms with Crippen LogP contribution in [0.15, 0.2) is 12.2 Å². The summed E-state index contributed by atoms with van der Waals surface area (Å²) in [5.74, 6) is -1.56. The first kappa shape index (κ1) is 12.9. The molecule has 0 fully saturated rings. The number of imide groups is 1. The Hall–Kier alpha value is -2.18. The number of carbonyl (C=O) groups excluding carboxylic acids is 4. The van der Waals surface area contributed by atoms with Crippen molar-refractivity contribution in [3.63, 3.8) is 0 Å². The van der Waals surface area contributed by atoms with Gasteiger partial charge in [0.1, 0.15) is 6.04 Å². The lowest BCUT2D eigenvalue weighted by Gasteiger charge is -2.23. The van der Waals surface area contributed by atoms with Gasteiger partial charge in [0.15, 0.2) is 0 Å². The first-order valence-corrected chi connectivity index (χ1v) is 5.02. The minimum absolute atomic E-state index is 0.448. The summed E-state index contributed by atoms with van der Waals surface area (Å²) in [4.78, 5) is 45.3. The van der Waals surface area contributed by atoms with Crippen molar-refractivity contribution in [2.75, 3.05) is 0 Å². The van der Waals surface area contributed by atoms with E-state index in [2.05, 4.69) is 10.6 Å². The van der Waals surface area contributed by atoms with Crippen LogP contribution in [0, 0.1) is 0 Å². The fraction of sp³-hybridized carbons (Fsp3) is 0.400. The maximum atomic E-state index is 11.7. The summed E-state index contributed by atoms with van der Waals surface area (Å²) in [6, 6.07) is -0.916. The topological polar surface area (TPSA) is 95.6 Å². The molecule has 0 spiro atoms. The van der Waals surface area contributed by atoms with E-state index in [1.807, 2.05) is 0 Å². The molecular formula is C10H13N3O4. The second kappa shape index (κ2) is 5.24. The van der Waals surface area contributed by atoms with Crippen molar-refractivity contribution in [3.8, 4) is 0 Å². The molecule has 0 bridgehead atoms. The van der Waals surface area contributed by atoms with Gasteiger partial charge in [0.25, 0.3) is 11.8 Å². The summed E-state index contributed by atoms with van der Waals surface area (Å²) >= 11 is 0. The van der Waals surface area contributed by atoms with Crippen LogP contribution in [0.3, 0.4) is 0 Å². The highest BCUT2D eigenvalue weighted by Gasteiger charge is 2.32. The third kappa shape index (κ3) is 2.90. The average molecular weight is 239 g/mol. The summed E-state index contributed by atoms with van der Waals surface area (Å²) in [6.45, 7) is 3.00. The Morgan fingerprint density at radius 3 is 2.29 bits per heavy atom. The Morgan fingerprint density at radius 1 is 1.29 bits per heavy atom. The Morgan fingerprint density at radius 2 is 1.82 bits per heavy atom. The second-order valence-electron chi connectivity index (χ2n) is 3.57. The molecule has 1 rings (SSSR count). The minimum atomic E-state index is -0.916. The van der Waals surface area contributed by atoms with Gasteiger partial charge in [0.05, 0.1) is 6.17 Å². The summed E-state index contributed by atoms with van der Waals surface area (Å²) in [5.41, 5.74) is 0. The SMILES string of the molecule is CC(NC=O)NC(=O)C(C)N1C(=O)C=CC1=O. The molecule has 0 aliphatic carbocycles. The predicted molar refractivity (Wildman–Crippen MR) is 57.3 cm³/mol. The van der Waals surface area contributed by atoms with E-state index in [1.54, 1.807) is 6.92 Å². The van der Waals surface area contributed by atoms with Gasteiger partial charge in [-0.15, -0.1) is 0 Å². The van der Waals surface area contributed by atoms with Gasteiger partial charge in [-0.25, -0.2) is 0 Å². The lowest BCUT2D eigenvalue weighted by atomic mass is 10.2. The molecule has 2 N–H and O–H groups in total. The third-order valence-corrected chi connectivity index (χ3v) is 2.29. The molecule has 0 aromatic rings. The molecule has 1 heterocycles. The molecule has 2 unspecified atom stereocenters. The molecular weight excluding hydrogens is 226 g/mol. The zero-order valence-electron chi connectivity index (χ0n) is 9.47. The Labute approximate surface area is 97.8 Å². The van der Waals surface area contributed by atoms with E-state index in [4.69, 9.17) is 0 Å². The van der Waals surface area contributed by atoms with Crippen molar-refractivity contribution in [2.24, 2.45) is 0 Å². The molecule has 0 aromatic heterocycles. The number of hydrogen-bond acceptors (Lipinski definition) is 4. The van der Waals surface area contributed by atoms with Gasteiger partial charge in [0, 0.05) is 12.2 Å². The van der Waals surface area contributed by atoms with E-state index in [9.17, 15) is 19.2 Å². The summed E-state index contributed by atoms with van der Waals surface area (Å²) in [6.07, 6.45) is 2.10. The first-order chi connectivity index (χ1) is 7.97. The highest BCUT2D eigenvalue weighted by Crippen LogP contribution is 2.08. The van der Waals surface area contributed by atoms with Gasteiger partial charge in [-0.1, -0.05) is 0 Å². The Balaban J connectivity index is 2.61. The van der Waals surface area contributed by atoms with Crippen LogP contribution in [0.2, 0.25) is 0 Å². The van der Waals surface area contributed by atoms with Crippen LogP contribution in [-0.4, -0.2) is 41.2 Å². The number of hydrogen-bond donors (Lipinski definition) is 2. The second-order valence-corrected chi connectivity index (χ2v) is 3.57. The number of carbonyl (C=O) groups is 4. The van der Waals surface area contributed by atoms with E-state index in [1.165, 1.54) is 6.92 Å². The van der Waals surface area contributed by atoms with Crippen molar-refractivity contribution < 1.29 is 19.2 Å². The molecule has 2 atom stereocenters. The van der Waals surface area contributed by atoms with Crippen LogP contribution in [-0.2, 0) is 19.2 Å². The number of amides is 4. The first-order valence-electron chi connectivity index (χ1n) is 5.02. The van der Waals surface area contributed by atoms with Gasteiger partial charge < -0.3 is 10.6 Å². The van der Waals surface area contributed by atoms with E-state index in [0.29, 0.717) is 6.41 Å². The largest absolute Gasteiger partial charge is 0.339 e. The highest BCUT2D eigenvalue weighted by atomic mass is 16.2. The van der Waals surface area contributed by atoms with Crippen LogP contribution < -0.4 is 10.6 Å². The molecule has 7 heteroatoms. The van der Waals surface area contributed by atoms with E-state index < -0.39 is 29.9 Å². The molecule has 0 saturated carbocycles. The summed E-state index contributed by atoms with van der Waals surface area (Å²) in [5, 5.41) is 4.77. The molecule has 17 heavy (non-hydrogen) atoms. The number of nitrogens with one attached hydrogen (secondary N) is 2. The fourth-order valence-electron chi connectivity index (χ4n) is 1.39. The molecule has 0 aromatic carbocycles. The van der Waals surface area contributed by atoms with Gasteiger partial charge in [-0.3, -0.25) is 24.1 Å². The van der Waals surface area contributed by atoms with Crippen LogP contribution in [0.5, 0.6) is 0 Å². The van der Waals surface area contributed by atoms with Crippen molar-refractivity contribution in [1.29, 1.82) is 0 Å². The monoisotopic (exact) mass is 239 g/mol. The van der Waals surface area contributed by atoms with Crippen LogP contribution in [0.25, 0.3) is 0 Å². The summed E-state index contributed by atoms with van der Waals surface area (Å²) < 4.78 is 0. The zero-order chi connectivity index (χ0) is 13.0. The Bertz CT molecular complexity index is 373. The normalized spacial score (nSPS) is 17.9. The highest BCUT2D eigenvalue weighted by molar-refractivity contribution is 6.15. The number of rotatable bonds is 5. The minimum Gasteiger partial charge on any atom is -0.339 e. The molecule has 0 radical (unpaired) electrons. The lowest BCUT2D eigenvalue weighted by Crippen LogP contribution is -2.52. The molecule has 92 valence electrons. The van der Waals surface area contributed by atoms with E-state index >= 15 is 0 Å². The van der Waals surface area contributed by atoms with Gasteiger partial charge in [-0.05, 0) is 13.8 Å². The molecule has 7 nitrogen and oxygen atoms in total. The number of nitrogens with zero attached hydrogens (tertiary/aromatic N) is 1. The molecule has 1 aliphatic rings. The zero-order valence-corrected chi connectivity index (χ0v) is 9.47. The standard InChI is InChI=1S/C10H13N3O4/c1-6(10(17)12-7(2)11-5-14)13-8(15)3-4-9(13)16/h3-7H,1-2H3,(H,11,14)(H,12,17). The third-order valence-electron chi connectivity index (χ3n) is 2.29. The van der Waals surface area contributed by atoms with Crippen LogP contribution in [0.4, 0.5) is 0 Å². The van der Waals surface area contributed by atoms with E-state index in [-0.39, 0.29) is 0 Å². The quantitative estimate of drug-likeness (QED) is 0.347. The van der Waals surface area contributed by atoms with Gasteiger partial charge >= 0.3 is 0 Å². The van der Waals surface area contributed by atoms with Crippen molar-refractivity contribution in [3.05, 3.63) is 12.2 Å². The molecule has 4 amide bonds. The smallest absolute Gasteiger partial charge is 0.254 e. The van der Waals surface area contributed by atoms with Crippen molar-refractivity contribution in [2.45, 2.75) is 26.1 Å².